The van der Waals surface area contributed by atoms with Crippen molar-refractivity contribution in [1.82, 2.24) is 25.3 Å². The van der Waals surface area contributed by atoms with E-state index in [0.717, 1.165) is 64.6 Å². The van der Waals surface area contributed by atoms with Crippen molar-refractivity contribution in [3.63, 3.8) is 0 Å². The van der Waals surface area contributed by atoms with Gasteiger partial charge >= 0.3 is 5.97 Å². The minimum atomic E-state index is -0.651. The van der Waals surface area contributed by atoms with Crippen molar-refractivity contribution in [2.24, 2.45) is 5.41 Å². The molecule has 13 heteroatoms. The van der Waals surface area contributed by atoms with Gasteiger partial charge in [-0.2, -0.15) is 5.10 Å². The molecule has 5 aromatic rings. The predicted octanol–water partition coefficient (Wildman–Crippen LogP) is 8.86. The average Bonchev–Trinajstić information content (AvgIpc) is 3.85. The molecule has 4 fully saturated rings. The first-order valence-electron chi connectivity index (χ1n) is 19.8. The lowest BCUT2D eigenvalue weighted by Crippen LogP contribution is -2.56. The fourth-order valence-corrected chi connectivity index (χ4v) is 10.0. The highest BCUT2D eigenvalue weighted by molar-refractivity contribution is 6.36. The van der Waals surface area contributed by atoms with Gasteiger partial charge in [0.15, 0.2) is 0 Å². The Morgan fingerprint density at radius 1 is 0.983 bits per heavy atom. The van der Waals surface area contributed by atoms with Crippen LogP contribution in [0.1, 0.15) is 68.1 Å². The maximum atomic E-state index is 15.7. The predicted molar refractivity (Wildman–Crippen MR) is 224 cm³/mol. The van der Waals surface area contributed by atoms with Crippen molar-refractivity contribution in [2.45, 2.75) is 82.6 Å². The van der Waals surface area contributed by atoms with E-state index in [0.29, 0.717) is 77.8 Å². The molecule has 1 aliphatic heterocycles. The molecular weight excluding hydrogens is 780 g/mol. The number of aromatic nitrogens is 2. The lowest BCUT2D eigenvalue weighted by Gasteiger charge is -2.55. The molecule has 0 radical (unpaired) electrons. The van der Waals surface area contributed by atoms with E-state index in [1.165, 1.54) is 13.2 Å². The fourth-order valence-electron chi connectivity index (χ4n) is 9.46. The number of hydrogen-bond acceptors (Lipinski definition) is 7. The van der Waals surface area contributed by atoms with Crippen LogP contribution in [0.3, 0.4) is 0 Å². The van der Waals surface area contributed by atoms with E-state index < -0.39 is 17.2 Å². The molecule has 4 aromatic carbocycles. The zero-order valence-corrected chi connectivity index (χ0v) is 34.5. The Labute approximate surface area is 347 Å². The molecule has 3 saturated carbocycles. The van der Waals surface area contributed by atoms with Gasteiger partial charge < -0.3 is 25.2 Å². The van der Waals surface area contributed by atoms with Gasteiger partial charge in [0.25, 0.3) is 0 Å². The number of carboxylic acids is 1. The van der Waals surface area contributed by atoms with Crippen molar-refractivity contribution in [3.05, 3.63) is 99.4 Å². The second-order valence-corrected chi connectivity index (χ2v) is 17.0. The largest absolute Gasteiger partial charge is 0.496 e. The Morgan fingerprint density at radius 2 is 1.69 bits per heavy atom. The van der Waals surface area contributed by atoms with Crippen LogP contribution >= 0.6 is 23.2 Å². The van der Waals surface area contributed by atoms with E-state index >= 15 is 4.39 Å². The van der Waals surface area contributed by atoms with Crippen molar-refractivity contribution in [2.75, 3.05) is 27.8 Å². The standard InChI is InChI=1S/C45H48Cl2FN5O5/c1-52(45-15-12-44(13-16-45,14-17-45)43(55)56)25-29-18-36(46)28(21-39(29)57-2)26-53-38-9-5-7-32(34(38)24-50-53)33-8-4-6-31(42(33)47)27-19-37(48)35(40(20-27)58-3)23-49-22-30-10-11-41(54)51-30/h4-9,18-21,24,30,49H,10-17,22-23,25-26H2,1-3H3,(H,51,54)(H,55,56)/t30-,44?,45?/m1/s1. The van der Waals surface area contributed by atoms with Crippen LogP contribution in [0.25, 0.3) is 33.2 Å². The van der Waals surface area contributed by atoms with E-state index in [4.69, 9.17) is 37.8 Å². The van der Waals surface area contributed by atoms with Crippen molar-refractivity contribution < 1.29 is 28.6 Å². The lowest BCUT2D eigenvalue weighted by atomic mass is 9.57. The number of amides is 1. The second-order valence-electron chi connectivity index (χ2n) is 16.2. The Balaban J connectivity index is 1.02. The molecule has 9 rings (SSSR count). The van der Waals surface area contributed by atoms with Crippen molar-refractivity contribution >= 4 is 46.0 Å². The molecule has 10 nitrogen and oxygen atoms in total. The minimum Gasteiger partial charge on any atom is -0.496 e. The maximum absolute atomic E-state index is 15.7. The smallest absolute Gasteiger partial charge is 0.309 e. The van der Waals surface area contributed by atoms with E-state index in [2.05, 4.69) is 22.6 Å². The number of fused-ring (bicyclic) bond motifs is 4. The number of rotatable bonds is 14. The molecule has 1 amide bonds. The number of carbonyl (C=O) groups is 2. The van der Waals surface area contributed by atoms with Crippen LogP contribution in [0, 0.1) is 11.2 Å². The van der Waals surface area contributed by atoms with E-state index in [-0.39, 0.29) is 24.0 Å². The van der Waals surface area contributed by atoms with Crippen molar-refractivity contribution in [3.8, 4) is 33.8 Å². The van der Waals surface area contributed by atoms with E-state index in [9.17, 15) is 14.7 Å². The molecule has 4 aliphatic rings. The zero-order chi connectivity index (χ0) is 40.8. The first kappa shape index (κ1) is 40.1. The molecule has 1 atom stereocenters. The SMILES string of the molecule is COc1cc(Cn2ncc3c(-c4cccc(-c5cc(F)c(CNC[C@H]6CCC(=O)N6)c(OC)c5)c4Cl)cccc32)c(Cl)cc1CN(C)C12CCC(C(=O)O)(CC1)CC2. The van der Waals surface area contributed by atoms with Gasteiger partial charge in [0.1, 0.15) is 17.3 Å². The summed E-state index contributed by atoms with van der Waals surface area (Å²) in [5.41, 5.74) is 5.48. The summed E-state index contributed by atoms with van der Waals surface area (Å²) in [6.07, 6.45) is 7.86. The summed E-state index contributed by atoms with van der Waals surface area (Å²) in [6, 6.07) is 19.0. The molecular formula is C45H48Cl2FN5O5. The number of hydrogen-bond donors (Lipinski definition) is 3. The maximum Gasteiger partial charge on any atom is 0.309 e. The molecule has 2 bridgehead atoms. The number of halogens is 3. The minimum absolute atomic E-state index is 0.0237. The molecule has 2 heterocycles. The number of benzene rings is 4. The quantitative estimate of drug-likeness (QED) is 0.102. The van der Waals surface area contributed by atoms with Gasteiger partial charge in [-0.1, -0.05) is 53.5 Å². The number of aliphatic carboxylic acids is 1. The Morgan fingerprint density at radius 3 is 2.38 bits per heavy atom. The summed E-state index contributed by atoms with van der Waals surface area (Å²) in [7, 11) is 5.32. The number of methoxy groups -OCH3 is 2. The van der Waals surface area contributed by atoms with Gasteiger partial charge in [0.2, 0.25) is 5.91 Å². The monoisotopic (exact) mass is 827 g/mol. The number of nitrogens with zero attached hydrogens (tertiary/aromatic N) is 3. The van der Waals surface area contributed by atoms with Crippen LogP contribution in [-0.2, 0) is 29.2 Å². The molecule has 3 aliphatic carbocycles. The summed E-state index contributed by atoms with van der Waals surface area (Å²) in [5, 5.41) is 22.8. The summed E-state index contributed by atoms with van der Waals surface area (Å²) < 4.78 is 29.2. The normalized spacial score (nSPS) is 21.5. The van der Waals surface area contributed by atoms with Crippen LogP contribution < -0.4 is 20.1 Å². The Bertz CT molecular complexity index is 2380. The third kappa shape index (κ3) is 7.42. The molecule has 58 heavy (non-hydrogen) atoms. The molecule has 0 unspecified atom stereocenters. The second kappa shape index (κ2) is 16.2. The van der Waals surface area contributed by atoms with Crippen molar-refractivity contribution in [1.29, 1.82) is 0 Å². The van der Waals surface area contributed by atoms with Crippen LogP contribution in [0.5, 0.6) is 11.5 Å². The van der Waals surface area contributed by atoms with Crippen LogP contribution in [0.15, 0.2) is 66.9 Å². The highest BCUT2D eigenvalue weighted by atomic mass is 35.5. The highest BCUT2D eigenvalue weighted by Gasteiger charge is 2.54. The van der Waals surface area contributed by atoms with E-state index in [1.54, 1.807) is 13.2 Å². The van der Waals surface area contributed by atoms with Crippen LogP contribution in [0.4, 0.5) is 4.39 Å². The molecule has 3 N–H and O–H groups in total. The topological polar surface area (TPSA) is 118 Å². The van der Waals surface area contributed by atoms with Gasteiger partial charge in [-0.15, -0.1) is 0 Å². The lowest BCUT2D eigenvalue weighted by molar-refractivity contribution is -0.160. The summed E-state index contributed by atoms with van der Waals surface area (Å²) in [5.74, 6) is 0.125. The summed E-state index contributed by atoms with van der Waals surface area (Å²) >= 11 is 14.2. The Kier molecular flexibility index (Phi) is 11.2. The third-order valence-electron chi connectivity index (χ3n) is 13.1. The van der Waals surface area contributed by atoms with Crippen LogP contribution in [0.2, 0.25) is 10.0 Å². The van der Waals surface area contributed by atoms with Gasteiger partial charge in [0, 0.05) is 70.3 Å². The molecule has 304 valence electrons. The van der Waals surface area contributed by atoms with Gasteiger partial charge in [-0.25, -0.2) is 4.39 Å². The third-order valence-corrected chi connectivity index (χ3v) is 13.8. The first-order valence-corrected chi connectivity index (χ1v) is 20.6. The van der Waals surface area contributed by atoms with Gasteiger partial charge in [-0.3, -0.25) is 19.2 Å². The Hall–Kier alpha value is -4.68. The number of carboxylic acid groups (broad SMARTS) is 1. The summed E-state index contributed by atoms with van der Waals surface area (Å²) in [4.78, 5) is 25.9. The number of ether oxygens (including phenoxy) is 2. The van der Waals surface area contributed by atoms with E-state index in [1.807, 2.05) is 59.4 Å². The fraction of sp³-hybridized carbons (Fsp3) is 0.400. The van der Waals surface area contributed by atoms with Gasteiger partial charge in [-0.05, 0) is 99.0 Å². The van der Waals surface area contributed by atoms with Crippen LogP contribution in [-0.4, -0.2) is 71.1 Å². The average molecular weight is 829 g/mol. The highest BCUT2D eigenvalue weighted by Crippen LogP contribution is 2.55. The van der Waals surface area contributed by atoms with Gasteiger partial charge in [0.05, 0.1) is 42.9 Å². The molecule has 0 spiro atoms. The number of nitrogens with one attached hydrogen (secondary N) is 2. The molecule has 1 aromatic heterocycles. The molecule has 1 saturated heterocycles. The zero-order valence-electron chi connectivity index (χ0n) is 33.0. The summed E-state index contributed by atoms with van der Waals surface area (Å²) in [6.45, 7) is 1.83. The number of carbonyl (C=O) groups excluding carboxylic acids is 1. The first-order chi connectivity index (χ1) is 27.9.